The van der Waals surface area contributed by atoms with E-state index < -0.39 is 0 Å². The number of aryl methyl sites for hydroxylation is 2. The molecule has 90 valence electrons. The normalized spacial score (nSPS) is 10.6. The smallest absolute Gasteiger partial charge is 0.0739 e. The Balaban J connectivity index is 2.15. The quantitative estimate of drug-likeness (QED) is 0.935. The Bertz CT molecular complexity index is 537. The molecule has 17 heavy (non-hydrogen) atoms. The molecule has 1 aromatic carbocycles. The second kappa shape index (κ2) is 5.10. The van der Waals surface area contributed by atoms with Crippen molar-refractivity contribution in [1.29, 1.82) is 0 Å². The van der Waals surface area contributed by atoms with Gasteiger partial charge in [0.05, 0.1) is 33.1 Å². The highest BCUT2D eigenvalue weighted by atomic mass is 79.9. The lowest BCUT2D eigenvalue weighted by atomic mass is 10.3. The molecule has 3 nitrogen and oxygen atoms in total. The summed E-state index contributed by atoms with van der Waals surface area (Å²) in [5.41, 5.74) is 3.02. The van der Waals surface area contributed by atoms with E-state index >= 15 is 0 Å². The van der Waals surface area contributed by atoms with E-state index in [-0.39, 0.29) is 0 Å². The first kappa shape index (κ1) is 12.5. The van der Waals surface area contributed by atoms with E-state index in [1.165, 1.54) is 0 Å². The predicted molar refractivity (Wildman–Crippen MR) is 74.4 cm³/mol. The van der Waals surface area contributed by atoms with Crippen molar-refractivity contribution in [2.24, 2.45) is 7.05 Å². The highest BCUT2D eigenvalue weighted by Gasteiger charge is 2.10. The van der Waals surface area contributed by atoms with Crippen LogP contribution in [0.4, 0.5) is 5.69 Å². The van der Waals surface area contributed by atoms with Gasteiger partial charge in [-0.2, -0.15) is 5.10 Å². The SMILES string of the molecule is Cc1nn(C)c(CNc2ccccc2Cl)c1Br. The van der Waals surface area contributed by atoms with E-state index in [0.29, 0.717) is 6.54 Å². The van der Waals surface area contributed by atoms with E-state index in [4.69, 9.17) is 11.6 Å². The number of benzene rings is 1. The number of nitrogens with one attached hydrogen (secondary N) is 1. The van der Waals surface area contributed by atoms with Crippen molar-refractivity contribution in [2.75, 3.05) is 5.32 Å². The van der Waals surface area contributed by atoms with Crippen LogP contribution >= 0.6 is 27.5 Å². The van der Waals surface area contributed by atoms with Crippen LogP contribution in [0.15, 0.2) is 28.7 Å². The molecule has 5 heteroatoms. The van der Waals surface area contributed by atoms with Crippen molar-refractivity contribution in [1.82, 2.24) is 9.78 Å². The Labute approximate surface area is 114 Å². The van der Waals surface area contributed by atoms with Crippen LogP contribution < -0.4 is 5.32 Å². The maximum absolute atomic E-state index is 6.08. The maximum Gasteiger partial charge on any atom is 0.0739 e. The van der Waals surface area contributed by atoms with Gasteiger partial charge in [0.2, 0.25) is 0 Å². The van der Waals surface area contributed by atoms with Crippen LogP contribution in [0, 0.1) is 6.92 Å². The van der Waals surface area contributed by atoms with Crippen LogP contribution in [0.5, 0.6) is 0 Å². The summed E-state index contributed by atoms with van der Waals surface area (Å²) in [6.45, 7) is 2.66. The first-order chi connectivity index (χ1) is 8.09. The molecule has 2 rings (SSSR count). The second-order valence-electron chi connectivity index (χ2n) is 3.80. The summed E-state index contributed by atoms with van der Waals surface area (Å²) >= 11 is 9.62. The van der Waals surface area contributed by atoms with Gasteiger partial charge in [0.25, 0.3) is 0 Å². The zero-order valence-electron chi connectivity index (χ0n) is 9.67. The minimum Gasteiger partial charge on any atom is -0.378 e. The number of nitrogens with zero attached hydrogens (tertiary/aromatic N) is 2. The molecule has 0 spiro atoms. The molecule has 0 aliphatic carbocycles. The fourth-order valence-electron chi connectivity index (χ4n) is 1.66. The lowest BCUT2D eigenvalue weighted by molar-refractivity contribution is 0.712. The van der Waals surface area contributed by atoms with Crippen LogP contribution in [0.1, 0.15) is 11.4 Å². The molecule has 0 amide bonds. The molecule has 0 aliphatic rings. The first-order valence-electron chi connectivity index (χ1n) is 5.26. The lowest BCUT2D eigenvalue weighted by Crippen LogP contribution is -2.06. The number of halogens is 2. The average molecular weight is 315 g/mol. The molecular weight excluding hydrogens is 302 g/mol. The van der Waals surface area contributed by atoms with Crippen LogP contribution in [-0.4, -0.2) is 9.78 Å². The summed E-state index contributed by atoms with van der Waals surface area (Å²) in [7, 11) is 1.93. The van der Waals surface area contributed by atoms with Gasteiger partial charge in [-0.3, -0.25) is 4.68 Å². The van der Waals surface area contributed by atoms with Crippen molar-refractivity contribution in [2.45, 2.75) is 13.5 Å². The topological polar surface area (TPSA) is 29.9 Å². The zero-order chi connectivity index (χ0) is 12.4. The van der Waals surface area contributed by atoms with Gasteiger partial charge in [-0.05, 0) is 35.0 Å². The van der Waals surface area contributed by atoms with Gasteiger partial charge in [0.15, 0.2) is 0 Å². The third-order valence-corrected chi connectivity index (χ3v) is 3.94. The number of hydrogen-bond donors (Lipinski definition) is 1. The summed E-state index contributed by atoms with van der Waals surface area (Å²) in [5, 5.41) is 8.37. The van der Waals surface area contributed by atoms with Crippen molar-refractivity contribution >= 4 is 33.2 Å². The standard InChI is InChI=1S/C12H13BrClN3/c1-8-12(13)11(17(2)16-8)7-15-10-6-4-3-5-9(10)14/h3-6,15H,7H2,1-2H3. The molecule has 2 aromatic rings. The Hall–Kier alpha value is -1.000. The van der Waals surface area contributed by atoms with Gasteiger partial charge in [0, 0.05) is 7.05 Å². The summed E-state index contributed by atoms with van der Waals surface area (Å²) in [5.74, 6) is 0. The highest BCUT2D eigenvalue weighted by Crippen LogP contribution is 2.24. The van der Waals surface area contributed by atoms with Crippen LogP contribution in [0.3, 0.4) is 0 Å². The summed E-state index contributed by atoms with van der Waals surface area (Å²) in [6.07, 6.45) is 0. The van der Waals surface area contributed by atoms with Crippen molar-refractivity contribution in [3.05, 3.63) is 45.1 Å². The van der Waals surface area contributed by atoms with Gasteiger partial charge in [-0.25, -0.2) is 0 Å². The predicted octanol–water partition coefficient (Wildman–Crippen LogP) is 3.76. The summed E-state index contributed by atoms with van der Waals surface area (Å²) < 4.78 is 2.91. The number of para-hydroxylation sites is 1. The molecule has 1 N–H and O–H groups in total. The molecular formula is C12H13BrClN3. The minimum absolute atomic E-state index is 0.682. The van der Waals surface area contributed by atoms with Crippen molar-refractivity contribution < 1.29 is 0 Å². The number of aromatic nitrogens is 2. The molecule has 1 heterocycles. The van der Waals surface area contributed by atoms with Gasteiger partial charge < -0.3 is 5.32 Å². The average Bonchev–Trinajstić information content (AvgIpc) is 2.53. The molecule has 0 aliphatic heterocycles. The largest absolute Gasteiger partial charge is 0.378 e. The maximum atomic E-state index is 6.08. The van der Waals surface area contributed by atoms with Gasteiger partial charge in [0.1, 0.15) is 0 Å². The van der Waals surface area contributed by atoms with Crippen molar-refractivity contribution in [3.63, 3.8) is 0 Å². The van der Waals surface area contributed by atoms with E-state index in [1.54, 1.807) is 0 Å². The fraction of sp³-hybridized carbons (Fsp3) is 0.250. The Morgan fingerprint density at radius 1 is 1.41 bits per heavy atom. The molecule has 0 atom stereocenters. The fourth-order valence-corrected chi connectivity index (χ4v) is 2.33. The molecule has 0 fully saturated rings. The summed E-state index contributed by atoms with van der Waals surface area (Å²) in [6, 6.07) is 7.70. The number of hydrogen-bond acceptors (Lipinski definition) is 2. The first-order valence-corrected chi connectivity index (χ1v) is 6.43. The third-order valence-electron chi connectivity index (χ3n) is 2.58. The van der Waals surface area contributed by atoms with E-state index in [1.807, 2.05) is 42.9 Å². The van der Waals surface area contributed by atoms with Gasteiger partial charge >= 0.3 is 0 Å². The van der Waals surface area contributed by atoms with E-state index in [2.05, 4.69) is 26.3 Å². The molecule has 0 saturated carbocycles. The lowest BCUT2D eigenvalue weighted by Gasteiger charge is -2.08. The molecule has 0 saturated heterocycles. The molecule has 1 aromatic heterocycles. The van der Waals surface area contributed by atoms with E-state index in [9.17, 15) is 0 Å². The zero-order valence-corrected chi connectivity index (χ0v) is 12.0. The third kappa shape index (κ3) is 2.64. The Morgan fingerprint density at radius 3 is 2.71 bits per heavy atom. The monoisotopic (exact) mass is 313 g/mol. The second-order valence-corrected chi connectivity index (χ2v) is 5.00. The van der Waals surface area contributed by atoms with E-state index in [0.717, 1.165) is 26.6 Å². The summed E-state index contributed by atoms with van der Waals surface area (Å²) in [4.78, 5) is 0. The van der Waals surface area contributed by atoms with Crippen LogP contribution in [0.2, 0.25) is 5.02 Å². The Kier molecular flexibility index (Phi) is 3.74. The van der Waals surface area contributed by atoms with Gasteiger partial charge in [-0.1, -0.05) is 23.7 Å². The van der Waals surface area contributed by atoms with Crippen molar-refractivity contribution in [3.8, 4) is 0 Å². The highest BCUT2D eigenvalue weighted by molar-refractivity contribution is 9.10. The van der Waals surface area contributed by atoms with Crippen LogP contribution in [0.25, 0.3) is 0 Å². The molecule has 0 unspecified atom stereocenters. The number of anilines is 1. The van der Waals surface area contributed by atoms with Gasteiger partial charge in [-0.15, -0.1) is 0 Å². The Morgan fingerprint density at radius 2 is 2.12 bits per heavy atom. The minimum atomic E-state index is 0.682. The van der Waals surface area contributed by atoms with Crippen LogP contribution in [-0.2, 0) is 13.6 Å². The molecule has 0 bridgehead atoms. The molecule has 0 radical (unpaired) electrons. The number of rotatable bonds is 3.